The van der Waals surface area contributed by atoms with E-state index >= 15 is 0 Å². The molecule has 11 rings (SSSR count). The second kappa shape index (κ2) is 16.0. The molecule has 294 valence electrons. The molecule has 0 fully saturated rings. The van der Waals surface area contributed by atoms with Crippen LogP contribution in [0.5, 0.6) is 0 Å². The van der Waals surface area contributed by atoms with Crippen molar-refractivity contribution in [2.24, 2.45) is 0 Å². The van der Waals surface area contributed by atoms with Gasteiger partial charge in [0, 0.05) is 56.3 Å². The van der Waals surface area contributed by atoms with E-state index in [2.05, 4.69) is 9.13 Å². The van der Waals surface area contributed by atoms with Crippen molar-refractivity contribution in [2.45, 2.75) is 0 Å². The Kier molecular flexibility index (Phi) is 5.49. The molecule has 0 saturated heterocycles. The van der Waals surface area contributed by atoms with Gasteiger partial charge in [0.15, 0.2) is 0 Å². The highest BCUT2D eigenvalue weighted by atomic mass is 15.1. The third kappa shape index (κ3) is 6.80. The molecule has 0 atom stereocenters. The zero-order chi connectivity index (χ0) is 58.7. The van der Waals surface area contributed by atoms with Crippen LogP contribution in [0.3, 0.4) is 0 Å². The molecule has 0 aliphatic rings. The van der Waals surface area contributed by atoms with Crippen molar-refractivity contribution in [2.75, 3.05) is 9.80 Å². The normalized spacial score (nSPS) is 15.7. The zero-order valence-corrected chi connectivity index (χ0v) is 32.5. The maximum absolute atomic E-state index is 8.91. The third-order valence-electron chi connectivity index (χ3n) is 10.4. The van der Waals surface area contributed by atoms with Crippen LogP contribution in [0.15, 0.2) is 254 Å². The van der Waals surface area contributed by atoms with Crippen LogP contribution in [-0.4, -0.2) is 9.13 Å². The van der Waals surface area contributed by atoms with E-state index in [-0.39, 0.29) is 11.4 Å². The average molecular weight is 815 g/mol. The Morgan fingerprint density at radius 2 is 0.613 bits per heavy atom. The van der Waals surface area contributed by atoms with E-state index in [0.29, 0.717) is 22.5 Å². The SMILES string of the molecule is [2H]c1c([2H])c([2H])c(N(c2ccc(-c3cc4cc5c(cc(-c6ccc(N(c7c([2H])c([2H])c([2H])c([2H])c7[2H])c7c([2H])c([2H])c([2H])c([2H])c7[2H])cc6)n5-c5ccccc5)cc4n3-c3ccccc3)cc2)c2c([2H])c([2H])c([2H])c([2H])c2[2H])c([2H])c1[2H]. The summed E-state index contributed by atoms with van der Waals surface area (Å²) < 4.78 is 176. The highest BCUT2D eigenvalue weighted by Gasteiger charge is 2.20. The third-order valence-corrected chi connectivity index (χ3v) is 10.4. The summed E-state index contributed by atoms with van der Waals surface area (Å²) in [6.07, 6.45) is 0. The van der Waals surface area contributed by atoms with Crippen LogP contribution in [0.2, 0.25) is 0 Å². The highest BCUT2D eigenvalue weighted by molar-refractivity contribution is 6.02. The van der Waals surface area contributed by atoms with Crippen LogP contribution >= 0.6 is 0 Å². The number of rotatable bonds is 10. The Labute approximate surface area is 390 Å². The maximum atomic E-state index is 8.91. The fourth-order valence-electron chi connectivity index (χ4n) is 7.77. The summed E-state index contributed by atoms with van der Waals surface area (Å²) in [5.41, 5.74) is 4.51. The molecule has 0 saturated carbocycles. The Morgan fingerprint density at radius 1 is 0.306 bits per heavy atom. The van der Waals surface area contributed by atoms with Crippen molar-refractivity contribution in [3.05, 3.63) is 254 Å². The molecule has 0 aliphatic carbocycles. The second-order valence-electron chi connectivity index (χ2n) is 14.0. The van der Waals surface area contributed by atoms with Gasteiger partial charge in [0.05, 0.1) is 49.8 Å². The van der Waals surface area contributed by atoms with Gasteiger partial charge in [-0.05, 0) is 132 Å². The lowest BCUT2D eigenvalue weighted by atomic mass is 10.1. The maximum Gasteiger partial charge on any atom is 0.0645 e. The standard InChI is InChI=1S/C58H42N4/c1-7-19-47(20-8-1)59(48-21-9-2-10-22-48)53-35-31-43(32-36-53)55-39-45-41-58-46(42-57(45)61(55)51-27-15-5-16-28-51)40-56(62(58)52-29-17-6-18-30-52)44-33-37-54(38-34-44)60(49-23-11-3-12-24-49)50-25-13-4-14-26-50/h1-42H/i1D,2D,3D,4D,7D,8D,9D,10D,11D,12D,13D,14D,19D,20D,21D,22D,23D,24D,25D,26D. The van der Waals surface area contributed by atoms with Gasteiger partial charge in [-0.3, -0.25) is 0 Å². The van der Waals surface area contributed by atoms with Crippen LogP contribution in [-0.2, 0) is 0 Å². The monoisotopic (exact) mass is 814 g/mol. The predicted molar refractivity (Wildman–Crippen MR) is 260 cm³/mol. The molecule has 0 radical (unpaired) electrons. The van der Waals surface area contributed by atoms with Crippen molar-refractivity contribution in [3.63, 3.8) is 0 Å². The average Bonchev–Trinajstić information content (AvgIpc) is 4.04. The van der Waals surface area contributed by atoms with Crippen molar-refractivity contribution in [3.8, 4) is 33.9 Å². The largest absolute Gasteiger partial charge is 0.311 e. The number of para-hydroxylation sites is 6. The van der Waals surface area contributed by atoms with E-state index in [1.165, 1.54) is 0 Å². The summed E-state index contributed by atoms with van der Waals surface area (Å²) in [6, 6.07) is 27.3. The Morgan fingerprint density at radius 3 is 0.919 bits per heavy atom. The number of aromatic nitrogens is 2. The molecule has 0 unspecified atom stereocenters. The Hall–Kier alpha value is -8.34. The number of hydrogen-bond donors (Lipinski definition) is 0. The van der Waals surface area contributed by atoms with Crippen molar-refractivity contribution in [1.82, 2.24) is 9.13 Å². The van der Waals surface area contributed by atoms with Crippen molar-refractivity contribution >= 4 is 55.9 Å². The quantitative estimate of drug-likeness (QED) is 0.137. The highest BCUT2D eigenvalue weighted by Crippen LogP contribution is 2.41. The van der Waals surface area contributed by atoms with E-state index in [4.69, 9.17) is 27.4 Å². The zero-order valence-electron chi connectivity index (χ0n) is 52.5. The lowest BCUT2D eigenvalue weighted by Gasteiger charge is -2.25. The number of hydrogen-bond acceptors (Lipinski definition) is 2. The summed E-state index contributed by atoms with van der Waals surface area (Å²) in [4.78, 5) is 2.21. The van der Waals surface area contributed by atoms with Gasteiger partial charge in [0.2, 0.25) is 0 Å². The van der Waals surface area contributed by atoms with Gasteiger partial charge in [-0.25, -0.2) is 0 Å². The Bertz CT molecular complexity index is 3910. The van der Waals surface area contributed by atoms with Gasteiger partial charge >= 0.3 is 0 Å². The number of nitrogens with zero attached hydrogens (tertiary/aromatic N) is 4. The molecule has 0 spiro atoms. The van der Waals surface area contributed by atoms with Crippen LogP contribution in [0, 0.1) is 0 Å². The second-order valence-corrected chi connectivity index (χ2v) is 14.0. The fourth-order valence-corrected chi connectivity index (χ4v) is 7.77. The van der Waals surface area contributed by atoms with Crippen LogP contribution < -0.4 is 9.80 Å². The Balaban J connectivity index is 1.08. The lowest BCUT2D eigenvalue weighted by Crippen LogP contribution is -2.09. The summed E-state index contributed by atoms with van der Waals surface area (Å²) in [6.45, 7) is 0. The molecule has 2 heterocycles. The molecule has 0 aliphatic heterocycles. The summed E-state index contributed by atoms with van der Waals surface area (Å²) in [7, 11) is 0. The molecule has 0 N–H and O–H groups in total. The first kappa shape index (κ1) is 21.3. The van der Waals surface area contributed by atoms with Gasteiger partial charge in [-0.2, -0.15) is 0 Å². The first-order chi connectivity index (χ1) is 39.0. The predicted octanol–water partition coefficient (Wildman–Crippen LogP) is 15.8. The topological polar surface area (TPSA) is 16.3 Å². The summed E-state index contributed by atoms with van der Waals surface area (Å²) >= 11 is 0. The van der Waals surface area contributed by atoms with E-state index in [9.17, 15) is 0 Å². The lowest BCUT2D eigenvalue weighted by molar-refractivity contribution is 1.13. The van der Waals surface area contributed by atoms with E-state index in [0.717, 1.165) is 43.0 Å². The van der Waals surface area contributed by atoms with E-state index in [1.807, 2.05) is 84.9 Å². The molecular formula is C58H42N4. The number of benzene rings is 9. The molecule has 4 nitrogen and oxygen atoms in total. The first-order valence-corrected chi connectivity index (χ1v) is 19.5. The minimum absolute atomic E-state index is 0.141. The molecular weight excluding hydrogens is 753 g/mol. The van der Waals surface area contributed by atoms with Gasteiger partial charge in [-0.1, -0.05) is 133 Å². The minimum Gasteiger partial charge on any atom is -0.311 e. The molecule has 62 heavy (non-hydrogen) atoms. The van der Waals surface area contributed by atoms with Gasteiger partial charge in [-0.15, -0.1) is 0 Å². The smallest absolute Gasteiger partial charge is 0.0645 e. The molecule has 2 aromatic heterocycles. The minimum atomic E-state index is -0.679. The van der Waals surface area contributed by atoms with Crippen molar-refractivity contribution < 1.29 is 27.4 Å². The molecule has 0 bridgehead atoms. The van der Waals surface area contributed by atoms with E-state index < -0.39 is 144 Å². The van der Waals surface area contributed by atoms with Crippen molar-refractivity contribution in [1.29, 1.82) is 0 Å². The van der Waals surface area contributed by atoms with Crippen LogP contribution in [0.1, 0.15) is 27.4 Å². The number of fused-ring (bicyclic) bond motifs is 2. The van der Waals surface area contributed by atoms with Crippen LogP contribution in [0.25, 0.3) is 55.7 Å². The molecule has 4 heteroatoms. The molecule has 0 amide bonds. The van der Waals surface area contributed by atoms with Gasteiger partial charge < -0.3 is 18.9 Å². The summed E-state index contributed by atoms with van der Waals surface area (Å²) in [5, 5.41) is 1.61. The molecule has 11 aromatic rings. The number of anilines is 6. The van der Waals surface area contributed by atoms with Crippen LogP contribution in [0.4, 0.5) is 34.1 Å². The first-order valence-electron chi connectivity index (χ1n) is 29.5. The van der Waals surface area contributed by atoms with Gasteiger partial charge in [0.1, 0.15) is 0 Å². The van der Waals surface area contributed by atoms with E-state index in [1.54, 1.807) is 48.5 Å². The van der Waals surface area contributed by atoms with Gasteiger partial charge in [0.25, 0.3) is 0 Å². The molecule has 9 aromatic carbocycles. The summed E-state index contributed by atoms with van der Waals surface area (Å²) in [5.74, 6) is 0. The fraction of sp³-hybridized carbons (Fsp3) is 0.